The zero-order valence-corrected chi connectivity index (χ0v) is 17.9. The molecule has 0 aromatic carbocycles. The van der Waals surface area contributed by atoms with Crippen LogP contribution in [-0.4, -0.2) is 78.0 Å². The van der Waals surface area contributed by atoms with Crippen LogP contribution in [0.1, 0.15) is 40.5 Å². The standard InChI is InChI=1S/C20H38O8/c1-5-18(20(22)28-15-13-26-11-9-24-7-3)16-17(4)19(21)27-14-12-25-10-8-23-6-2/h17-18H,5-16H2,1-4H3. The Kier molecular flexibility index (Phi) is 18.3. The van der Waals surface area contributed by atoms with Crippen molar-refractivity contribution in [3.05, 3.63) is 0 Å². The molecule has 2 unspecified atom stereocenters. The summed E-state index contributed by atoms with van der Waals surface area (Å²) in [6.07, 6.45) is 0.993. The van der Waals surface area contributed by atoms with Gasteiger partial charge in [-0.2, -0.15) is 0 Å². The Morgan fingerprint density at radius 2 is 1.07 bits per heavy atom. The third kappa shape index (κ3) is 14.8. The third-order valence-corrected chi connectivity index (χ3v) is 3.96. The summed E-state index contributed by atoms with van der Waals surface area (Å²) < 4.78 is 31.3. The summed E-state index contributed by atoms with van der Waals surface area (Å²) in [6.45, 7) is 11.8. The molecule has 8 nitrogen and oxygen atoms in total. The van der Waals surface area contributed by atoms with Crippen LogP contribution in [0.4, 0.5) is 0 Å². The van der Waals surface area contributed by atoms with Crippen LogP contribution in [0.2, 0.25) is 0 Å². The summed E-state index contributed by atoms with van der Waals surface area (Å²) in [5.41, 5.74) is 0. The van der Waals surface area contributed by atoms with Gasteiger partial charge in [0.05, 0.1) is 51.5 Å². The van der Waals surface area contributed by atoms with Crippen molar-refractivity contribution in [2.75, 3.05) is 66.1 Å². The van der Waals surface area contributed by atoms with Gasteiger partial charge in [0.1, 0.15) is 13.2 Å². The summed E-state index contributed by atoms with van der Waals surface area (Å²) in [6, 6.07) is 0. The van der Waals surface area contributed by atoms with Crippen molar-refractivity contribution >= 4 is 11.9 Å². The summed E-state index contributed by atoms with van der Waals surface area (Å²) in [5.74, 6) is -1.37. The predicted octanol–water partition coefficient (Wildman–Crippen LogP) is 2.23. The quantitative estimate of drug-likeness (QED) is 0.238. The number of esters is 2. The maximum absolute atomic E-state index is 12.2. The molecular formula is C20H38O8. The van der Waals surface area contributed by atoms with Gasteiger partial charge in [-0.3, -0.25) is 9.59 Å². The summed E-state index contributed by atoms with van der Waals surface area (Å²) in [7, 11) is 0. The fraction of sp³-hybridized carbons (Fsp3) is 0.900. The van der Waals surface area contributed by atoms with Gasteiger partial charge in [0.2, 0.25) is 0 Å². The lowest BCUT2D eigenvalue weighted by Crippen LogP contribution is -2.26. The Hall–Kier alpha value is -1.22. The SMILES string of the molecule is CCOCCOCCOC(=O)C(C)CC(CC)C(=O)OCCOCCOCC. The number of carbonyl (C=O) groups is 2. The normalized spacial score (nSPS) is 13.1. The molecule has 0 bridgehead atoms. The Bertz CT molecular complexity index is 388. The molecule has 166 valence electrons. The Morgan fingerprint density at radius 1 is 0.643 bits per heavy atom. The first-order valence-electron chi connectivity index (χ1n) is 10.2. The van der Waals surface area contributed by atoms with Gasteiger partial charge in [-0.25, -0.2) is 0 Å². The van der Waals surface area contributed by atoms with Crippen LogP contribution in [0.25, 0.3) is 0 Å². The topological polar surface area (TPSA) is 89.5 Å². The van der Waals surface area contributed by atoms with Crippen LogP contribution in [0.3, 0.4) is 0 Å². The van der Waals surface area contributed by atoms with E-state index in [-0.39, 0.29) is 37.0 Å². The Balaban J connectivity index is 3.90. The van der Waals surface area contributed by atoms with Gasteiger partial charge in [-0.15, -0.1) is 0 Å². The monoisotopic (exact) mass is 406 g/mol. The van der Waals surface area contributed by atoms with Crippen molar-refractivity contribution in [2.45, 2.75) is 40.5 Å². The summed E-state index contributed by atoms with van der Waals surface area (Å²) >= 11 is 0. The Labute approximate surface area is 169 Å². The molecule has 0 aromatic heterocycles. The molecule has 0 amide bonds. The van der Waals surface area contributed by atoms with Crippen LogP contribution in [0.15, 0.2) is 0 Å². The molecule has 0 rings (SSSR count). The van der Waals surface area contributed by atoms with Crippen molar-refractivity contribution in [3.63, 3.8) is 0 Å². The van der Waals surface area contributed by atoms with Crippen LogP contribution in [0, 0.1) is 11.8 Å². The highest BCUT2D eigenvalue weighted by Crippen LogP contribution is 2.18. The molecule has 2 atom stereocenters. The highest BCUT2D eigenvalue weighted by atomic mass is 16.6. The van der Waals surface area contributed by atoms with Gasteiger partial charge in [-0.05, 0) is 26.7 Å². The lowest BCUT2D eigenvalue weighted by molar-refractivity contribution is -0.154. The largest absolute Gasteiger partial charge is 0.463 e. The van der Waals surface area contributed by atoms with Crippen molar-refractivity contribution < 1.29 is 38.0 Å². The first-order valence-corrected chi connectivity index (χ1v) is 10.2. The van der Waals surface area contributed by atoms with Gasteiger partial charge >= 0.3 is 11.9 Å². The van der Waals surface area contributed by atoms with Gasteiger partial charge < -0.3 is 28.4 Å². The van der Waals surface area contributed by atoms with E-state index >= 15 is 0 Å². The minimum Gasteiger partial charge on any atom is -0.463 e. The highest BCUT2D eigenvalue weighted by Gasteiger charge is 2.25. The van der Waals surface area contributed by atoms with E-state index in [1.54, 1.807) is 6.92 Å². The molecule has 8 heteroatoms. The van der Waals surface area contributed by atoms with Crippen molar-refractivity contribution in [1.29, 1.82) is 0 Å². The van der Waals surface area contributed by atoms with Gasteiger partial charge in [0, 0.05) is 13.2 Å². The molecule has 0 spiro atoms. The molecule has 0 saturated carbocycles. The number of ether oxygens (including phenoxy) is 6. The van der Waals surface area contributed by atoms with Crippen molar-refractivity contribution in [1.82, 2.24) is 0 Å². The number of carbonyl (C=O) groups excluding carboxylic acids is 2. The number of rotatable bonds is 19. The summed E-state index contributed by atoms with van der Waals surface area (Å²) in [4.78, 5) is 24.2. The van der Waals surface area contributed by atoms with E-state index in [9.17, 15) is 9.59 Å². The van der Waals surface area contributed by atoms with E-state index in [0.717, 1.165) is 0 Å². The van der Waals surface area contributed by atoms with Crippen LogP contribution >= 0.6 is 0 Å². The zero-order valence-electron chi connectivity index (χ0n) is 17.9. The first-order chi connectivity index (χ1) is 13.6. The minimum absolute atomic E-state index is 0.190. The number of hydrogen-bond donors (Lipinski definition) is 0. The van der Waals surface area contributed by atoms with Crippen LogP contribution < -0.4 is 0 Å². The van der Waals surface area contributed by atoms with E-state index in [1.807, 2.05) is 20.8 Å². The van der Waals surface area contributed by atoms with Crippen molar-refractivity contribution in [2.24, 2.45) is 11.8 Å². The maximum Gasteiger partial charge on any atom is 0.309 e. The van der Waals surface area contributed by atoms with E-state index in [1.165, 1.54) is 0 Å². The fourth-order valence-corrected chi connectivity index (χ4v) is 2.34. The molecule has 0 aromatic rings. The molecular weight excluding hydrogens is 368 g/mol. The predicted molar refractivity (Wildman–Crippen MR) is 104 cm³/mol. The lowest BCUT2D eigenvalue weighted by Gasteiger charge is -2.18. The van der Waals surface area contributed by atoms with Gasteiger partial charge in [-0.1, -0.05) is 13.8 Å². The first kappa shape index (κ1) is 26.8. The van der Waals surface area contributed by atoms with E-state index in [0.29, 0.717) is 65.7 Å². The van der Waals surface area contributed by atoms with Crippen molar-refractivity contribution in [3.8, 4) is 0 Å². The summed E-state index contributed by atoms with van der Waals surface area (Å²) in [5, 5.41) is 0. The third-order valence-electron chi connectivity index (χ3n) is 3.96. The average molecular weight is 407 g/mol. The minimum atomic E-state index is -0.386. The lowest BCUT2D eigenvalue weighted by atomic mass is 9.94. The maximum atomic E-state index is 12.2. The second-order valence-electron chi connectivity index (χ2n) is 6.20. The van der Waals surface area contributed by atoms with Crippen LogP contribution in [0.5, 0.6) is 0 Å². The van der Waals surface area contributed by atoms with Gasteiger partial charge in [0.25, 0.3) is 0 Å². The van der Waals surface area contributed by atoms with Crippen LogP contribution in [-0.2, 0) is 38.0 Å². The fourth-order valence-electron chi connectivity index (χ4n) is 2.34. The van der Waals surface area contributed by atoms with Gasteiger partial charge in [0.15, 0.2) is 0 Å². The molecule has 0 saturated heterocycles. The molecule has 0 aliphatic rings. The molecule has 0 heterocycles. The second-order valence-corrected chi connectivity index (χ2v) is 6.20. The highest BCUT2D eigenvalue weighted by molar-refractivity contribution is 5.75. The molecule has 0 N–H and O–H groups in total. The molecule has 0 radical (unpaired) electrons. The number of hydrogen-bond acceptors (Lipinski definition) is 8. The second kappa shape index (κ2) is 19.1. The molecule has 0 aliphatic carbocycles. The van der Waals surface area contributed by atoms with E-state index < -0.39 is 0 Å². The smallest absolute Gasteiger partial charge is 0.309 e. The van der Waals surface area contributed by atoms with E-state index in [4.69, 9.17) is 28.4 Å². The Morgan fingerprint density at radius 3 is 1.54 bits per heavy atom. The zero-order chi connectivity index (χ0) is 21.0. The molecule has 0 fully saturated rings. The molecule has 0 aliphatic heterocycles. The average Bonchev–Trinajstić information content (AvgIpc) is 2.70. The molecule has 28 heavy (non-hydrogen) atoms. The van der Waals surface area contributed by atoms with E-state index in [2.05, 4.69) is 0 Å².